The molecule has 38 heavy (non-hydrogen) atoms. The molecule has 3 aromatic carbocycles. The average Bonchev–Trinajstić information content (AvgIpc) is 3.23. The van der Waals surface area contributed by atoms with Gasteiger partial charge in [-0.3, -0.25) is 9.36 Å². The van der Waals surface area contributed by atoms with Gasteiger partial charge in [-0.15, -0.1) is 0 Å². The van der Waals surface area contributed by atoms with Crippen molar-refractivity contribution in [1.82, 2.24) is 4.57 Å². The van der Waals surface area contributed by atoms with Gasteiger partial charge in [-0.25, -0.2) is 14.2 Å². The molecule has 1 aromatic heterocycles. The maximum atomic E-state index is 13.9. The lowest BCUT2D eigenvalue weighted by atomic mass is 9.93. The van der Waals surface area contributed by atoms with E-state index in [-0.39, 0.29) is 17.7 Å². The van der Waals surface area contributed by atoms with E-state index in [1.165, 1.54) is 28.0 Å². The molecule has 0 N–H and O–H groups in total. The lowest BCUT2D eigenvalue weighted by Gasteiger charge is -2.25. The second-order valence-electron chi connectivity index (χ2n) is 8.49. The van der Waals surface area contributed by atoms with Crippen molar-refractivity contribution in [3.05, 3.63) is 127 Å². The summed E-state index contributed by atoms with van der Waals surface area (Å²) >= 11 is 1.23. The summed E-state index contributed by atoms with van der Waals surface area (Å²) in [5, 5.41) is 0. The highest BCUT2D eigenvalue weighted by molar-refractivity contribution is 7.07. The standard InChI is InChI=1S/C30H25FN2O4S/c1-3-36-23-12-8-9-19(17-23)18-24-28(34)33-27(21-13-15-22(31)16-14-21)25(29(35)37-4-2)26(32-30(33)38-24)20-10-6-5-7-11-20/h5-18,27H,3-4H2,1-2H3/t27-/m0/s1. The second kappa shape index (κ2) is 11.0. The first-order valence-corrected chi connectivity index (χ1v) is 13.1. The zero-order valence-electron chi connectivity index (χ0n) is 20.9. The lowest BCUT2D eigenvalue weighted by molar-refractivity contribution is -0.138. The summed E-state index contributed by atoms with van der Waals surface area (Å²) in [5.74, 6) is -0.294. The summed E-state index contributed by atoms with van der Waals surface area (Å²) in [6.07, 6.45) is 1.78. The van der Waals surface area contributed by atoms with Crippen LogP contribution in [0.2, 0.25) is 0 Å². The average molecular weight is 529 g/mol. The number of esters is 1. The predicted octanol–water partition coefficient (Wildman–Crippen LogP) is 4.47. The highest BCUT2D eigenvalue weighted by Gasteiger charge is 2.35. The van der Waals surface area contributed by atoms with Crippen molar-refractivity contribution in [1.29, 1.82) is 0 Å². The van der Waals surface area contributed by atoms with Crippen LogP contribution in [0.3, 0.4) is 0 Å². The van der Waals surface area contributed by atoms with Gasteiger partial charge in [-0.05, 0) is 55.3 Å². The molecule has 1 aliphatic heterocycles. The molecule has 0 unspecified atom stereocenters. The first-order valence-electron chi connectivity index (χ1n) is 12.3. The van der Waals surface area contributed by atoms with Gasteiger partial charge >= 0.3 is 5.97 Å². The number of benzene rings is 3. The fourth-order valence-electron chi connectivity index (χ4n) is 4.41. The van der Waals surface area contributed by atoms with E-state index in [2.05, 4.69) is 0 Å². The van der Waals surface area contributed by atoms with Crippen LogP contribution in [0.4, 0.5) is 4.39 Å². The third-order valence-electron chi connectivity index (χ3n) is 6.03. The quantitative estimate of drug-likeness (QED) is 0.332. The molecule has 0 fully saturated rings. The summed E-state index contributed by atoms with van der Waals surface area (Å²) in [6, 6.07) is 21.7. The Kier molecular flexibility index (Phi) is 7.33. The Morgan fingerprint density at radius 2 is 1.79 bits per heavy atom. The summed E-state index contributed by atoms with van der Waals surface area (Å²) in [5.41, 5.74) is 2.42. The number of hydrogen-bond donors (Lipinski definition) is 0. The molecule has 0 amide bonds. The number of fused-ring (bicyclic) bond motifs is 1. The van der Waals surface area contributed by atoms with Gasteiger partial charge in [0.25, 0.3) is 5.56 Å². The van der Waals surface area contributed by atoms with E-state index in [4.69, 9.17) is 14.5 Å². The molecule has 0 saturated carbocycles. The van der Waals surface area contributed by atoms with Crippen LogP contribution in [0.5, 0.6) is 5.75 Å². The smallest absolute Gasteiger partial charge is 0.338 e. The molecule has 0 aliphatic carbocycles. The van der Waals surface area contributed by atoms with Crippen LogP contribution in [-0.4, -0.2) is 23.8 Å². The van der Waals surface area contributed by atoms with Crippen molar-refractivity contribution in [2.24, 2.45) is 4.99 Å². The van der Waals surface area contributed by atoms with Crippen LogP contribution in [0.25, 0.3) is 11.8 Å². The van der Waals surface area contributed by atoms with E-state index >= 15 is 0 Å². The maximum absolute atomic E-state index is 13.9. The molecule has 192 valence electrons. The minimum atomic E-state index is -0.849. The number of hydrogen-bond acceptors (Lipinski definition) is 6. The van der Waals surface area contributed by atoms with Gasteiger partial charge in [0.05, 0.1) is 35.1 Å². The fraction of sp³-hybridized carbons (Fsp3) is 0.167. The predicted molar refractivity (Wildman–Crippen MR) is 145 cm³/mol. The second-order valence-corrected chi connectivity index (χ2v) is 9.50. The van der Waals surface area contributed by atoms with Crippen LogP contribution in [0.1, 0.15) is 36.6 Å². The molecule has 8 heteroatoms. The third kappa shape index (κ3) is 4.95. The van der Waals surface area contributed by atoms with Crippen molar-refractivity contribution in [3.8, 4) is 5.75 Å². The summed E-state index contributed by atoms with van der Waals surface area (Å²) < 4.78 is 26.9. The third-order valence-corrected chi connectivity index (χ3v) is 7.01. The Labute approximate surface area is 222 Å². The van der Waals surface area contributed by atoms with Crippen LogP contribution in [0, 0.1) is 5.82 Å². The number of rotatable bonds is 7. The highest BCUT2D eigenvalue weighted by atomic mass is 32.1. The molecule has 6 nitrogen and oxygen atoms in total. The Morgan fingerprint density at radius 1 is 1.03 bits per heavy atom. The molecular formula is C30H25FN2O4S. The summed E-state index contributed by atoms with van der Waals surface area (Å²) in [4.78, 5) is 32.5. The van der Waals surface area contributed by atoms with Gasteiger partial charge in [-0.2, -0.15) is 0 Å². The lowest BCUT2D eigenvalue weighted by Crippen LogP contribution is -2.40. The molecular weight excluding hydrogens is 503 g/mol. The van der Waals surface area contributed by atoms with Crippen molar-refractivity contribution in [2.45, 2.75) is 19.9 Å². The molecule has 1 atom stereocenters. The van der Waals surface area contributed by atoms with Crippen molar-refractivity contribution in [2.75, 3.05) is 13.2 Å². The van der Waals surface area contributed by atoms with E-state index in [9.17, 15) is 14.0 Å². The molecule has 0 saturated heterocycles. The van der Waals surface area contributed by atoms with Crippen molar-refractivity contribution < 1.29 is 18.7 Å². The minimum absolute atomic E-state index is 0.154. The van der Waals surface area contributed by atoms with Gasteiger partial charge in [0.2, 0.25) is 0 Å². The van der Waals surface area contributed by atoms with E-state index in [1.54, 1.807) is 25.1 Å². The van der Waals surface area contributed by atoms with Crippen LogP contribution < -0.4 is 19.6 Å². The van der Waals surface area contributed by atoms with Gasteiger partial charge in [0.1, 0.15) is 11.6 Å². The highest BCUT2D eigenvalue weighted by Crippen LogP contribution is 2.35. The number of nitrogens with zero attached hydrogens (tertiary/aromatic N) is 2. The monoisotopic (exact) mass is 528 g/mol. The molecule has 0 bridgehead atoms. The minimum Gasteiger partial charge on any atom is -0.494 e. The van der Waals surface area contributed by atoms with Gasteiger partial charge in [-0.1, -0.05) is 65.9 Å². The Hall–Kier alpha value is -4.30. The van der Waals surface area contributed by atoms with Gasteiger partial charge in [0.15, 0.2) is 4.80 Å². The van der Waals surface area contributed by atoms with E-state index in [0.29, 0.717) is 38.5 Å². The van der Waals surface area contributed by atoms with Crippen LogP contribution >= 0.6 is 11.3 Å². The van der Waals surface area contributed by atoms with Gasteiger partial charge < -0.3 is 9.47 Å². The normalized spacial score (nSPS) is 15.1. The Balaban J connectivity index is 1.79. The van der Waals surface area contributed by atoms with E-state index in [1.807, 2.05) is 61.5 Å². The zero-order chi connectivity index (χ0) is 26.6. The molecule has 4 aromatic rings. The van der Waals surface area contributed by atoms with Crippen LogP contribution in [-0.2, 0) is 9.53 Å². The Bertz CT molecular complexity index is 1690. The number of ether oxygens (including phenoxy) is 2. The first kappa shape index (κ1) is 25.4. The molecule has 1 aliphatic rings. The summed E-state index contributed by atoms with van der Waals surface area (Å²) in [7, 11) is 0. The molecule has 2 heterocycles. The number of halogens is 1. The number of aromatic nitrogens is 1. The number of carbonyl (C=O) groups is 1. The fourth-order valence-corrected chi connectivity index (χ4v) is 5.41. The van der Waals surface area contributed by atoms with E-state index in [0.717, 1.165) is 5.56 Å². The van der Waals surface area contributed by atoms with Crippen LogP contribution in [0.15, 0.2) is 94.2 Å². The molecule has 5 rings (SSSR count). The summed E-state index contributed by atoms with van der Waals surface area (Å²) in [6.45, 7) is 4.31. The largest absolute Gasteiger partial charge is 0.494 e. The number of carbonyl (C=O) groups excluding carboxylic acids is 1. The molecule has 0 spiro atoms. The maximum Gasteiger partial charge on any atom is 0.338 e. The number of thiazole rings is 1. The van der Waals surface area contributed by atoms with Crippen molar-refractivity contribution >= 4 is 29.1 Å². The topological polar surface area (TPSA) is 69.9 Å². The van der Waals surface area contributed by atoms with Gasteiger partial charge in [0, 0.05) is 5.56 Å². The Morgan fingerprint density at radius 3 is 2.50 bits per heavy atom. The van der Waals surface area contributed by atoms with E-state index < -0.39 is 17.8 Å². The van der Waals surface area contributed by atoms with Crippen molar-refractivity contribution in [3.63, 3.8) is 0 Å². The molecule has 0 radical (unpaired) electrons. The zero-order valence-corrected chi connectivity index (χ0v) is 21.7. The first-order chi connectivity index (χ1) is 18.5. The SMILES string of the molecule is CCOC(=O)C1=C(c2ccccc2)N=c2sc(=Cc3cccc(OCC)c3)c(=O)n2[C@H]1c1ccc(F)cc1.